The van der Waals surface area contributed by atoms with Crippen molar-refractivity contribution in [3.63, 3.8) is 0 Å². The van der Waals surface area contributed by atoms with Gasteiger partial charge in [-0.25, -0.2) is 0 Å². The summed E-state index contributed by atoms with van der Waals surface area (Å²) in [6.45, 7) is 21.0. The van der Waals surface area contributed by atoms with Gasteiger partial charge in [0.05, 0.1) is 11.7 Å². The summed E-state index contributed by atoms with van der Waals surface area (Å²) in [6, 6.07) is 2.56. The van der Waals surface area contributed by atoms with E-state index in [2.05, 4.69) is 60.8 Å². The maximum absolute atomic E-state index is 6.84. The molecule has 0 bridgehead atoms. The Balaban J connectivity index is 4.14. The Kier molecular flexibility index (Phi) is 20.5. The van der Waals surface area contributed by atoms with E-state index < -0.39 is 16.6 Å². The van der Waals surface area contributed by atoms with Gasteiger partial charge in [0.15, 0.2) is 16.6 Å². The molecule has 0 aliphatic carbocycles. The highest BCUT2D eigenvalue weighted by atomic mass is 28.4. The van der Waals surface area contributed by atoms with Crippen molar-refractivity contribution in [2.24, 2.45) is 0 Å². The van der Waals surface area contributed by atoms with Crippen LogP contribution in [0.4, 0.5) is 0 Å². The molecule has 212 valence electrons. The van der Waals surface area contributed by atoms with Crippen LogP contribution in [0.25, 0.3) is 0 Å². The Hall–Kier alpha value is 0.354. The Bertz CT molecular complexity index is 477. The van der Waals surface area contributed by atoms with E-state index in [1.807, 2.05) is 0 Å². The lowest BCUT2D eigenvalue weighted by Crippen LogP contribution is -2.51. The van der Waals surface area contributed by atoms with Crippen molar-refractivity contribution >= 4 is 16.6 Å². The molecule has 0 heterocycles. The molecule has 35 heavy (non-hydrogen) atoms. The van der Waals surface area contributed by atoms with Crippen molar-refractivity contribution in [1.82, 2.24) is 0 Å². The van der Waals surface area contributed by atoms with E-state index >= 15 is 0 Å². The number of hydrogen-bond donors (Lipinski definition) is 0. The number of unbranched alkanes of at least 4 members (excludes halogenated alkanes) is 16. The van der Waals surface area contributed by atoms with Crippen LogP contribution in [0.2, 0.25) is 38.3 Å². The maximum atomic E-state index is 6.84. The summed E-state index contributed by atoms with van der Waals surface area (Å²) in [5, 5.41) is 0. The molecule has 0 radical (unpaired) electrons. The molecule has 1 atom stereocenters. The lowest BCUT2D eigenvalue weighted by molar-refractivity contribution is -0.0153. The topological polar surface area (TPSA) is 18.5 Å². The first-order valence-corrected chi connectivity index (χ1v) is 22.1. The van der Waals surface area contributed by atoms with E-state index in [0.29, 0.717) is 0 Å². The second kappa shape index (κ2) is 20.3. The van der Waals surface area contributed by atoms with Gasteiger partial charge in [-0.2, -0.15) is 0 Å². The van der Waals surface area contributed by atoms with Crippen LogP contribution >= 0.6 is 0 Å². The van der Waals surface area contributed by atoms with Crippen molar-refractivity contribution in [2.45, 2.75) is 200 Å². The zero-order chi connectivity index (χ0) is 26.6. The van der Waals surface area contributed by atoms with E-state index in [1.165, 1.54) is 128 Å². The minimum Gasteiger partial charge on any atom is -0.412 e. The van der Waals surface area contributed by atoms with Crippen LogP contribution in [0.1, 0.15) is 150 Å². The SMILES string of the molecule is CCCCCCCCCCC[Si](C)(C)O[C@@H](C)C(C)(C)O[Si](C)(C)CCCCCCCCCCC. The van der Waals surface area contributed by atoms with Crippen molar-refractivity contribution in [3.8, 4) is 0 Å². The van der Waals surface area contributed by atoms with Crippen molar-refractivity contribution in [3.05, 3.63) is 0 Å². The maximum Gasteiger partial charge on any atom is 0.187 e. The predicted molar refractivity (Wildman–Crippen MR) is 165 cm³/mol. The van der Waals surface area contributed by atoms with Gasteiger partial charge in [0.2, 0.25) is 0 Å². The molecule has 0 aliphatic rings. The van der Waals surface area contributed by atoms with Gasteiger partial charge in [-0.15, -0.1) is 0 Å². The third-order valence-electron chi connectivity index (χ3n) is 7.78. The smallest absolute Gasteiger partial charge is 0.187 e. The van der Waals surface area contributed by atoms with Crippen LogP contribution in [-0.2, 0) is 8.85 Å². The standard InChI is InChI=1S/C31H68O2Si2/c1-10-12-14-16-18-20-22-24-26-28-34(6,7)32-30(3)31(4,5)33-35(8,9)29-27-25-23-21-19-17-15-13-11-2/h30H,10-29H2,1-9H3/t30-/m0/s1. The van der Waals surface area contributed by atoms with Gasteiger partial charge >= 0.3 is 0 Å². The molecule has 0 saturated heterocycles. The first-order valence-electron chi connectivity index (χ1n) is 15.8. The highest BCUT2D eigenvalue weighted by Crippen LogP contribution is 2.30. The van der Waals surface area contributed by atoms with E-state index in [9.17, 15) is 0 Å². The molecule has 0 saturated carbocycles. The van der Waals surface area contributed by atoms with Gasteiger partial charge in [0.1, 0.15) is 0 Å². The average Bonchev–Trinajstić information content (AvgIpc) is 2.75. The number of hydrogen-bond acceptors (Lipinski definition) is 2. The van der Waals surface area contributed by atoms with Crippen LogP contribution in [0, 0.1) is 0 Å². The van der Waals surface area contributed by atoms with Gasteiger partial charge in [-0.3, -0.25) is 0 Å². The molecule has 0 rings (SSSR count). The summed E-state index contributed by atoms with van der Waals surface area (Å²) in [6.07, 6.45) is 25.3. The fourth-order valence-corrected chi connectivity index (χ4v) is 10.5. The predicted octanol–water partition coefficient (Wildman–Crippen LogP) is 11.7. The van der Waals surface area contributed by atoms with Gasteiger partial charge in [0, 0.05) is 0 Å². The zero-order valence-electron chi connectivity index (χ0n) is 26.0. The molecule has 0 aromatic rings. The molecule has 0 aromatic heterocycles. The van der Waals surface area contributed by atoms with Crippen LogP contribution < -0.4 is 0 Å². The molecular formula is C31H68O2Si2. The summed E-state index contributed by atoms with van der Waals surface area (Å²) < 4.78 is 13.6. The van der Waals surface area contributed by atoms with Crippen molar-refractivity contribution in [2.75, 3.05) is 0 Å². The molecule has 0 fully saturated rings. The summed E-state index contributed by atoms with van der Waals surface area (Å²) in [5.41, 5.74) is -0.197. The van der Waals surface area contributed by atoms with E-state index in [-0.39, 0.29) is 11.7 Å². The van der Waals surface area contributed by atoms with Crippen molar-refractivity contribution < 1.29 is 8.85 Å². The summed E-state index contributed by atoms with van der Waals surface area (Å²) in [5.74, 6) is 0. The Morgan fingerprint density at radius 2 is 0.829 bits per heavy atom. The minimum absolute atomic E-state index is 0.164. The fourth-order valence-electron chi connectivity index (χ4n) is 5.25. The lowest BCUT2D eigenvalue weighted by Gasteiger charge is -2.42. The van der Waals surface area contributed by atoms with E-state index in [0.717, 1.165) is 0 Å². The summed E-state index contributed by atoms with van der Waals surface area (Å²) in [7, 11) is -3.34. The second-order valence-electron chi connectivity index (χ2n) is 13.1. The third-order valence-corrected chi connectivity index (χ3v) is 13.0. The minimum atomic E-state index is -1.68. The Labute approximate surface area is 225 Å². The van der Waals surface area contributed by atoms with Gasteiger partial charge in [0.25, 0.3) is 0 Å². The van der Waals surface area contributed by atoms with Gasteiger partial charge in [-0.1, -0.05) is 129 Å². The molecule has 2 nitrogen and oxygen atoms in total. The normalized spacial score (nSPS) is 14.0. The number of rotatable bonds is 25. The molecule has 0 amide bonds. The van der Waals surface area contributed by atoms with Crippen LogP contribution in [-0.4, -0.2) is 28.3 Å². The zero-order valence-corrected chi connectivity index (χ0v) is 28.0. The highest BCUT2D eigenvalue weighted by molar-refractivity contribution is 6.71. The first kappa shape index (κ1) is 35.4. The van der Waals surface area contributed by atoms with Crippen molar-refractivity contribution in [1.29, 1.82) is 0 Å². The monoisotopic (exact) mass is 528 g/mol. The van der Waals surface area contributed by atoms with E-state index in [1.54, 1.807) is 0 Å². The largest absolute Gasteiger partial charge is 0.412 e. The fraction of sp³-hybridized carbons (Fsp3) is 1.00. The molecule has 0 aliphatic heterocycles. The lowest BCUT2D eigenvalue weighted by atomic mass is 10.0. The van der Waals surface area contributed by atoms with Gasteiger partial charge < -0.3 is 8.85 Å². The average molecular weight is 529 g/mol. The molecule has 0 N–H and O–H groups in total. The first-order chi connectivity index (χ1) is 16.5. The molecule has 0 unspecified atom stereocenters. The van der Waals surface area contributed by atoms with Gasteiger partial charge in [-0.05, 0) is 59.0 Å². The second-order valence-corrected chi connectivity index (χ2v) is 21.6. The molecule has 0 spiro atoms. The highest BCUT2D eigenvalue weighted by Gasteiger charge is 2.38. The van der Waals surface area contributed by atoms with E-state index in [4.69, 9.17) is 8.85 Å². The Morgan fingerprint density at radius 1 is 0.514 bits per heavy atom. The van der Waals surface area contributed by atoms with Crippen LogP contribution in [0.3, 0.4) is 0 Å². The quantitative estimate of drug-likeness (QED) is 0.0866. The Morgan fingerprint density at radius 3 is 1.20 bits per heavy atom. The molecule has 0 aromatic carbocycles. The molecule has 4 heteroatoms. The third kappa shape index (κ3) is 21.0. The summed E-state index contributed by atoms with van der Waals surface area (Å²) >= 11 is 0. The molecular weight excluding hydrogens is 461 g/mol. The van der Waals surface area contributed by atoms with Crippen LogP contribution in [0.5, 0.6) is 0 Å². The summed E-state index contributed by atoms with van der Waals surface area (Å²) in [4.78, 5) is 0. The van der Waals surface area contributed by atoms with Crippen LogP contribution in [0.15, 0.2) is 0 Å².